The Labute approximate surface area is 126 Å². The summed E-state index contributed by atoms with van der Waals surface area (Å²) in [5.41, 5.74) is 6.83. The zero-order chi connectivity index (χ0) is 14.5. The van der Waals surface area contributed by atoms with Crippen molar-refractivity contribution in [2.45, 2.75) is 31.7 Å². The standard InChI is InChI=1S/C18H22N2O/c19-20-17(11-4-8-14-6-2-1-3-7-14)16-10-5-9-15-12-13-21-18(15)16/h1-3,5-7,9-10,17,20H,4,8,11-13,19H2. The fourth-order valence-corrected chi connectivity index (χ4v) is 3.00. The van der Waals surface area contributed by atoms with Gasteiger partial charge in [0, 0.05) is 18.0 Å². The molecule has 3 rings (SSSR count). The van der Waals surface area contributed by atoms with Crippen LogP contribution in [0.2, 0.25) is 0 Å². The number of nitrogens with one attached hydrogen (secondary N) is 1. The Hall–Kier alpha value is -1.84. The lowest BCUT2D eigenvalue weighted by molar-refractivity contribution is 0.346. The average molecular weight is 282 g/mol. The van der Waals surface area contributed by atoms with E-state index in [4.69, 9.17) is 10.6 Å². The van der Waals surface area contributed by atoms with Gasteiger partial charge in [0.25, 0.3) is 0 Å². The van der Waals surface area contributed by atoms with Gasteiger partial charge in [-0.3, -0.25) is 11.3 Å². The van der Waals surface area contributed by atoms with Crippen LogP contribution >= 0.6 is 0 Å². The molecule has 0 spiro atoms. The molecule has 110 valence electrons. The minimum atomic E-state index is 0.154. The Balaban J connectivity index is 1.65. The summed E-state index contributed by atoms with van der Waals surface area (Å²) in [4.78, 5) is 0. The number of fused-ring (bicyclic) bond motifs is 1. The molecule has 3 nitrogen and oxygen atoms in total. The maximum absolute atomic E-state index is 5.78. The van der Waals surface area contributed by atoms with Crippen molar-refractivity contribution in [1.82, 2.24) is 5.43 Å². The number of rotatable bonds is 6. The van der Waals surface area contributed by atoms with Crippen molar-refractivity contribution in [3.8, 4) is 5.75 Å². The molecule has 2 aromatic carbocycles. The van der Waals surface area contributed by atoms with Crippen molar-refractivity contribution < 1.29 is 4.74 Å². The molecule has 1 unspecified atom stereocenters. The molecule has 0 amide bonds. The van der Waals surface area contributed by atoms with Gasteiger partial charge in [0.1, 0.15) is 5.75 Å². The van der Waals surface area contributed by atoms with E-state index < -0.39 is 0 Å². The predicted molar refractivity (Wildman–Crippen MR) is 85.1 cm³/mol. The van der Waals surface area contributed by atoms with E-state index in [2.05, 4.69) is 54.0 Å². The Morgan fingerprint density at radius 1 is 1.10 bits per heavy atom. The number of hydrogen-bond acceptors (Lipinski definition) is 3. The summed E-state index contributed by atoms with van der Waals surface area (Å²) in [7, 11) is 0. The molecule has 1 atom stereocenters. The normalized spacial score (nSPS) is 14.5. The first kappa shape index (κ1) is 14.1. The maximum atomic E-state index is 5.78. The molecule has 0 aliphatic carbocycles. The number of nitrogens with two attached hydrogens (primary N) is 1. The number of ether oxygens (including phenoxy) is 1. The van der Waals surface area contributed by atoms with Gasteiger partial charge >= 0.3 is 0 Å². The van der Waals surface area contributed by atoms with Crippen molar-refractivity contribution >= 4 is 0 Å². The van der Waals surface area contributed by atoms with E-state index in [0.29, 0.717) is 0 Å². The molecule has 0 aromatic heterocycles. The van der Waals surface area contributed by atoms with E-state index >= 15 is 0 Å². The van der Waals surface area contributed by atoms with Crippen LogP contribution in [0.4, 0.5) is 0 Å². The minimum Gasteiger partial charge on any atom is -0.493 e. The summed E-state index contributed by atoms with van der Waals surface area (Å²) in [6.45, 7) is 0.785. The topological polar surface area (TPSA) is 47.3 Å². The van der Waals surface area contributed by atoms with Gasteiger partial charge in [-0.15, -0.1) is 0 Å². The molecule has 1 aliphatic heterocycles. The largest absolute Gasteiger partial charge is 0.493 e. The third kappa shape index (κ3) is 3.26. The molecule has 3 heteroatoms. The van der Waals surface area contributed by atoms with Crippen LogP contribution in [0.5, 0.6) is 5.75 Å². The Bertz CT molecular complexity index is 583. The first-order valence-corrected chi connectivity index (χ1v) is 7.63. The maximum Gasteiger partial charge on any atom is 0.127 e. The van der Waals surface area contributed by atoms with Crippen LogP contribution in [0.3, 0.4) is 0 Å². The molecule has 2 aromatic rings. The van der Waals surface area contributed by atoms with Crippen LogP contribution in [-0.2, 0) is 12.8 Å². The van der Waals surface area contributed by atoms with Crippen LogP contribution < -0.4 is 16.0 Å². The average Bonchev–Trinajstić information content (AvgIpc) is 3.01. The van der Waals surface area contributed by atoms with E-state index in [1.54, 1.807) is 0 Å². The molecular weight excluding hydrogens is 260 g/mol. The van der Waals surface area contributed by atoms with Gasteiger partial charge in [0.2, 0.25) is 0 Å². The summed E-state index contributed by atoms with van der Waals surface area (Å²) in [5.74, 6) is 6.81. The molecule has 0 bridgehead atoms. The summed E-state index contributed by atoms with van der Waals surface area (Å²) < 4.78 is 5.78. The zero-order valence-corrected chi connectivity index (χ0v) is 12.2. The molecule has 0 saturated heterocycles. The lowest BCUT2D eigenvalue weighted by Crippen LogP contribution is -2.28. The quantitative estimate of drug-likeness (QED) is 0.632. The molecular formula is C18H22N2O. The van der Waals surface area contributed by atoms with Crippen molar-refractivity contribution in [3.05, 3.63) is 65.2 Å². The summed E-state index contributed by atoms with van der Waals surface area (Å²) in [6.07, 6.45) is 4.19. The predicted octanol–water partition coefficient (Wildman–Crippen LogP) is 3.15. The highest BCUT2D eigenvalue weighted by atomic mass is 16.5. The first-order valence-electron chi connectivity index (χ1n) is 7.63. The van der Waals surface area contributed by atoms with Crippen LogP contribution in [0.15, 0.2) is 48.5 Å². The van der Waals surface area contributed by atoms with E-state index in [1.807, 2.05) is 0 Å². The second-order valence-electron chi connectivity index (χ2n) is 5.53. The number of para-hydroxylation sites is 1. The van der Waals surface area contributed by atoms with E-state index in [-0.39, 0.29) is 6.04 Å². The van der Waals surface area contributed by atoms with Crippen molar-refractivity contribution in [2.75, 3.05) is 6.61 Å². The van der Waals surface area contributed by atoms with Crippen LogP contribution in [0, 0.1) is 0 Å². The van der Waals surface area contributed by atoms with Gasteiger partial charge in [0.05, 0.1) is 6.61 Å². The molecule has 1 aliphatic rings. The summed E-state index contributed by atoms with van der Waals surface area (Å²) >= 11 is 0. The van der Waals surface area contributed by atoms with Gasteiger partial charge < -0.3 is 4.74 Å². The molecule has 21 heavy (non-hydrogen) atoms. The first-order chi connectivity index (χ1) is 10.4. The highest BCUT2D eigenvalue weighted by Crippen LogP contribution is 2.34. The second-order valence-corrected chi connectivity index (χ2v) is 5.53. The van der Waals surface area contributed by atoms with Crippen molar-refractivity contribution in [2.24, 2.45) is 5.84 Å². The molecule has 0 radical (unpaired) electrons. The van der Waals surface area contributed by atoms with Crippen LogP contribution in [-0.4, -0.2) is 6.61 Å². The van der Waals surface area contributed by atoms with E-state index in [1.165, 1.54) is 16.7 Å². The Kier molecular flexibility index (Phi) is 4.53. The molecule has 3 N–H and O–H groups in total. The lowest BCUT2D eigenvalue weighted by atomic mass is 9.97. The highest BCUT2D eigenvalue weighted by molar-refractivity contribution is 5.45. The van der Waals surface area contributed by atoms with Gasteiger partial charge in [0.15, 0.2) is 0 Å². The number of benzene rings is 2. The lowest BCUT2D eigenvalue weighted by Gasteiger charge is -2.19. The SMILES string of the molecule is NNC(CCCc1ccccc1)c1cccc2c1OCC2. The Morgan fingerprint density at radius 3 is 2.76 bits per heavy atom. The van der Waals surface area contributed by atoms with Crippen molar-refractivity contribution in [3.63, 3.8) is 0 Å². The molecule has 1 heterocycles. The zero-order valence-electron chi connectivity index (χ0n) is 12.2. The van der Waals surface area contributed by atoms with E-state index in [0.717, 1.165) is 38.0 Å². The summed E-state index contributed by atoms with van der Waals surface area (Å²) in [6, 6.07) is 17.1. The molecule has 0 saturated carbocycles. The number of hydrogen-bond donors (Lipinski definition) is 2. The van der Waals surface area contributed by atoms with Crippen molar-refractivity contribution in [1.29, 1.82) is 0 Å². The monoisotopic (exact) mass is 282 g/mol. The highest BCUT2D eigenvalue weighted by Gasteiger charge is 2.21. The smallest absolute Gasteiger partial charge is 0.127 e. The third-order valence-electron chi connectivity index (χ3n) is 4.12. The summed E-state index contributed by atoms with van der Waals surface area (Å²) in [5, 5.41) is 0. The number of aryl methyl sites for hydroxylation is 1. The van der Waals surface area contributed by atoms with Gasteiger partial charge in [-0.1, -0.05) is 48.5 Å². The van der Waals surface area contributed by atoms with Crippen LogP contribution in [0.25, 0.3) is 0 Å². The number of hydrazine groups is 1. The Morgan fingerprint density at radius 2 is 1.95 bits per heavy atom. The molecule has 0 fully saturated rings. The fourth-order valence-electron chi connectivity index (χ4n) is 3.00. The minimum absolute atomic E-state index is 0.154. The fraction of sp³-hybridized carbons (Fsp3) is 0.333. The van der Waals surface area contributed by atoms with E-state index in [9.17, 15) is 0 Å². The van der Waals surface area contributed by atoms with Gasteiger partial charge in [-0.25, -0.2) is 0 Å². The van der Waals surface area contributed by atoms with Gasteiger partial charge in [-0.2, -0.15) is 0 Å². The van der Waals surface area contributed by atoms with Crippen LogP contribution in [0.1, 0.15) is 35.6 Å². The third-order valence-corrected chi connectivity index (χ3v) is 4.12. The van der Waals surface area contributed by atoms with Gasteiger partial charge in [-0.05, 0) is 30.4 Å². The second kappa shape index (κ2) is 6.74.